The molecule has 214 valence electrons. The zero-order valence-electron chi connectivity index (χ0n) is 22.0. The first-order valence-electron chi connectivity index (χ1n) is 12.8. The van der Waals surface area contributed by atoms with E-state index in [1.807, 2.05) is 30.3 Å². The first kappa shape index (κ1) is 31.9. The quantitative estimate of drug-likeness (QED) is 0.102. The summed E-state index contributed by atoms with van der Waals surface area (Å²) >= 11 is 0. The average molecular weight is 548 g/mol. The fourth-order valence-corrected chi connectivity index (χ4v) is 2.95. The maximum atomic E-state index is 11.9. The summed E-state index contributed by atoms with van der Waals surface area (Å²) in [5.41, 5.74) is 1.22. The fraction of sp³-hybridized carbons (Fsp3) is 0.464. The summed E-state index contributed by atoms with van der Waals surface area (Å²) in [7, 11) is 0. The molecule has 0 fully saturated rings. The number of rotatable bonds is 22. The van der Waals surface area contributed by atoms with Crippen LogP contribution in [0.3, 0.4) is 0 Å². The van der Waals surface area contributed by atoms with Crippen LogP contribution in [0.2, 0.25) is 0 Å². The molecule has 0 aromatic heterocycles. The molecule has 0 saturated carbocycles. The second-order valence-corrected chi connectivity index (χ2v) is 7.88. The summed E-state index contributed by atoms with van der Waals surface area (Å²) in [5, 5.41) is 2.62. The van der Waals surface area contributed by atoms with E-state index in [1.165, 1.54) is 0 Å². The van der Waals surface area contributed by atoms with Crippen LogP contribution in [0.25, 0.3) is 0 Å². The topological polar surface area (TPSA) is 128 Å². The van der Waals surface area contributed by atoms with Gasteiger partial charge in [-0.1, -0.05) is 60.7 Å². The van der Waals surface area contributed by atoms with Gasteiger partial charge in [0.1, 0.15) is 13.2 Å². The minimum atomic E-state index is -0.902. The largest absolute Gasteiger partial charge is 0.457 e. The van der Waals surface area contributed by atoms with Crippen molar-refractivity contribution in [2.24, 2.45) is 0 Å². The molecule has 2 aromatic rings. The van der Waals surface area contributed by atoms with Gasteiger partial charge >= 0.3 is 12.1 Å². The molecular weight excluding hydrogens is 510 g/mol. The third kappa shape index (κ3) is 16.3. The van der Waals surface area contributed by atoms with Crippen molar-refractivity contribution in [3.8, 4) is 0 Å². The molecule has 0 radical (unpaired) electrons. The second-order valence-electron chi connectivity index (χ2n) is 7.88. The van der Waals surface area contributed by atoms with Crippen molar-refractivity contribution >= 4 is 17.8 Å². The van der Waals surface area contributed by atoms with Gasteiger partial charge in [-0.3, -0.25) is 4.79 Å². The van der Waals surface area contributed by atoms with Crippen LogP contribution in [0, 0.1) is 0 Å². The lowest BCUT2D eigenvalue weighted by Gasteiger charge is -2.09. The monoisotopic (exact) mass is 547 g/mol. The lowest BCUT2D eigenvalue weighted by Crippen LogP contribution is -2.28. The Morgan fingerprint density at radius 2 is 1.00 bits per heavy atom. The number of hydrogen-bond acceptors (Lipinski definition) is 10. The number of benzene rings is 2. The molecule has 11 nitrogen and oxygen atoms in total. The van der Waals surface area contributed by atoms with Crippen LogP contribution in [0.15, 0.2) is 60.7 Å². The van der Waals surface area contributed by atoms with Crippen molar-refractivity contribution in [1.82, 2.24) is 5.32 Å². The molecule has 1 N–H and O–H groups in total. The van der Waals surface area contributed by atoms with Crippen molar-refractivity contribution < 1.29 is 47.5 Å². The summed E-state index contributed by atoms with van der Waals surface area (Å²) in [6.45, 7) is 4.33. The molecule has 0 bridgehead atoms. The molecule has 2 aromatic carbocycles. The van der Waals surface area contributed by atoms with Crippen molar-refractivity contribution in [2.75, 3.05) is 79.2 Å². The Labute approximate surface area is 228 Å². The molecule has 0 atom stereocenters. The molecular formula is C28H37NO10. The van der Waals surface area contributed by atoms with E-state index < -0.39 is 17.8 Å². The number of Topliss-reactive ketones (excluding diaryl/α,β-unsaturated/α-hetero) is 1. The van der Waals surface area contributed by atoms with E-state index in [9.17, 15) is 14.4 Å². The Hall–Kier alpha value is -3.35. The molecule has 0 aliphatic rings. The van der Waals surface area contributed by atoms with Gasteiger partial charge in [0, 0.05) is 12.1 Å². The molecule has 0 heterocycles. The van der Waals surface area contributed by atoms with Crippen molar-refractivity contribution in [2.45, 2.75) is 6.61 Å². The van der Waals surface area contributed by atoms with Gasteiger partial charge in [0.15, 0.2) is 0 Å². The SMILES string of the molecule is O=C(NCCOCCOCCOCCOCCOCCOC(=O)C(=O)c1ccccc1)OCc1ccccc1. The van der Waals surface area contributed by atoms with Gasteiger partial charge in [0.2, 0.25) is 0 Å². The van der Waals surface area contributed by atoms with Crippen LogP contribution in [0.1, 0.15) is 15.9 Å². The molecule has 0 spiro atoms. The van der Waals surface area contributed by atoms with Gasteiger partial charge < -0.3 is 38.5 Å². The zero-order chi connectivity index (χ0) is 27.8. The number of alkyl carbamates (subject to hydrolysis) is 1. The van der Waals surface area contributed by atoms with Gasteiger partial charge in [0.25, 0.3) is 5.78 Å². The lowest BCUT2D eigenvalue weighted by molar-refractivity contribution is -0.139. The second kappa shape index (κ2) is 21.6. The van der Waals surface area contributed by atoms with Crippen molar-refractivity contribution in [3.63, 3.8) is 0 Å². The van der Waals surface area contributed by atoms with Gasteiger partial charge in [-0.15, -0.1) is 0 Å². The predicted octanol–water partition coefficient (Wildman–Crippen LogP) is 2.42. The van der Waals surface area contributed by atoms with E-state index in [0.717, 1.165) is 5.56 Å². The Balaban J connectivity index is 1.25. The number of amides is 1. The van der Waals surface area contributed by atoms with Crippen molar-refractivity contribution in [3.05, 3.63) is 71.8 Å². The maximum absolute atomic E-state index is 11.9. The number of carbonyl (C=O) groups excluding carboxylic acids is 3. The molecule has 0 aliphatic heterocycles. The van der Waals surface area contributed by atoms with Crippen LogP contribution in [0.5, 0.6) is 0 Å². The first-order chi connectivity index (χ1) is 19.2. The van der Waals surface area contributed by atoms with Gasteiger partial charge in [0.05, 0.1) is 66.1 Å². The van der Waals surface area contributed by atoms with Gasteiger partial charge in [-0.2, -0.15) is 0 Å². The summed E-state index contributed by atoms with van der Waals surface area (Å²) < 4.78 is 36.9. The number of carbonyl (C=O) groups is 3. The van der Waals surface area contributed by atoms with Gasteiger partial charge in [-0.25, -0.2) is 9.59 Å². The Morgan fingerprint density at radius 1 is 0.538 bits per heavy atom. The molecule has 39 heavy (non-hydrogen) atoms. The number of hydrogen-bond donors (Lipinski definition) is 1. The summed E-state index contributed by atoms with van der Waals surface area (Å²) in [6, 6.07) is 17.7. The van der Waals surface area contributed by atoms with E-state index in [2.05, 4.69) is 5.32 Å². The number of esters is 1. The smallest absolute Gasteiger partial charge is 0.407 e. The zero-order valence-corrected chi connectivity index (χ0v) is 22.0. The molecule has 11 heteroatoms. The average Bonchev–Trinajstić information content (AvgIpc) is 2.97. The standard InChI is InChI=1S/C28H37NO10/c30-26(25-9-5-2-6-10-25)27(31)38-22-21-37-20-19-36-18-17-35-16-15-34-14-13-33-12-11-29-28(32)39-23-24-7-3-1-4-8-24/h1-10H,11-23H2,(H,29,32). The highest BCUT2D eigenvalue weighted by Crippen LogP contribution is 2.02. The summed E-state index contributed by atoms with van der Waals surface area (Å²) in [4.78, 5) is 35.1. The highest BCUT2D eigenvalue weighted by atomic mass is 16.6. The molecule has 0 aliphatic carbocycles. The summed E-state index contributed by atoms with van der Waals surface area (Å²) in [6.07, 6.45) is -0.483. The minimum Gasteiger partial charge on any atom is -0.457 e. The van der Waals surface area contributed by atoms with Crippen LogP contribution >= 0.6 is 0 Å². The maximum Gasteiger partial charge on any atom is 0.407 e. The molecule has 1 amide bonds. The number of nitrogens with one attached hydrogen (secondary N) is 1. The van der Waals surface area contributed by atoms with Crippen LogP contribution < -0.4 is 5.32 Å². The lowest BCUT2D eigenvalue weighted by atomic mass is 10.1. The normalized spacial score (nSPS) is 10.7. The molecule has 0 saturated heterocycles. The van der Waals surface area contributed by atoms with E-state index in [0.29, 0.717) is 71.6 Å². The van der Waals surface area contributed by atoms with Crippen molar-refractivity contribution in [1.29, 1.82) is 0 Å². The van der Waals surface area contributed by atoms with Crippen LogP contribution in [-0.2, 0) is 44.6 Å². The Morgan fingerprint density at radius 3 is 1.54 bits per heavy atom. The minimum absolute atomic E-state index is 0.00767. The van der Waals surface area contributed by atoms with E-state index in [1.54, 1.807) is 30.3 Å². The van der Waals surface area contributed by atoms with E-state index in [-0.39, 0.29) is 19.8 Å². The third-order valence-electron chi connectivity index (χ3n) is 4.90. The number of ether oxygens (including phenoxy) is 7. The highest BCUT2D eigenvalue weighted by Gasteiger charge is 2.17. The summed E-state index contributed by atoms with van der Waals surface area (Å²) in [5.74, 6) is -1.58. The Kier molecular flexibility index (Phi) is 17.6. The van der Waals surface area contributed by atoms with E-state index in [4.69, 9.17) is 33.2 Å². The molecule has 2 rings (SSSR count). The molecule has 0 unspecified atom stereocenters. The first-order valence-corrected chi connectivity index (χ1v) is 12.8. The Bertz CT molecular complexity index is 926. The predicted molar refractivity (Wildman–Crippen MR) is 140 cm³/mol. The number of ketones is 1. The highest BCUT2D eigenvalue weighted by molar-refractivity contribution is 6.40. The van der Waals surface area contributed by atoms with E-state index >= 15 is 0 Å². The third-order valence-corrected chi connectivity index (χ3v) is 4.90. The van der Waals surface area contributed by atoms with Crippen LogP contribution in [0.4, 0.5) is 4.79 Å². The van der Waals surface area contributed by atoms with Crippen LogP contribution in [-0.4, -0.2) is 97.1 Å². The fourth-order valence-electron chi connectivity index (χ4n) is 2.95. The van der Waals surface area contributed by atoms with Gasteiger partial charge in [-0.05, 0) is 5.56 Å².